The van der Waals surface area contributed by atoms with Gasteiger partial charge in [0.1, 0.15) is 11.9 Å². The van der Waals surface area contributed by atoms with Crippen LogP contribution >= 0.6 is 0 Å². The Morgan fingerprint density at radius 3 is 2.50 bits per heavy atom. The molecule has 0 fully saturated rings. The van der Waals surface area contributed by atoms with E-state index in [1.807, 2.05) is 13.8 Å². The van der Waals surface area contributed by atoms with Crippen LogP contribution in [0.2, 0.25) is 0 Å². The molecule has 0 aliphatic heterocycles. The Labute approximate surface area is 117 Å². The first-order valence-corrected chi connectivity index (χ1v) is 6.55. The molecule has 0 heterocycles. The van der Waals surface area contributed by atoms with E-state index in [1.54, 1.807) is 11.8 Å². The monoisotopic (exact) mass is 281 g/mol. The molecule has 0 saturated carbocycles. The third-order valence-corrected chi connectivity index (χ3v) is 3.05. The number of carbonyl (C=O) groups excluding carboxylic acids is 2. The summed E-state index contributed by atoms with van der Waals surface area (Å²) in [4.78, 5) is 25.6. The number of halogens is 1. The smallest absolute Gasteiger partial charge is 0.254 e. The molecule has 1 rings (SSSR count). The molecule has 1 atom stereocenters. The van der Waals surface area contributed by atoms with Crippen LogP contribution in [-0.2, 0) is 4.79 Å². The number of nitrogen functional groups attached to an aromatic ring is 1. The second-order valence-corrected chi connectivity index (χ2v) is 4.44. The Balaban J connectivity index is 2.80. The van der Waals surface area contributed by atoms with Gasteiger partial charge in [-0.15, -0.1) is 0 Å². The molecule has 0 spiro atoms. The predicted molar refractivity (Wildman–Crippen MR) is 75.7 cm³/mol. The molecule has 2 amide bonds. The largest absolute Gasteiger partial charge is 0.398 e. The molecule has 5 nitrogen and oxygen atoms in total. The molecular weight excluding hydrogens is 261 g/mol. The third-order valence-electron chi connectivity index (χ3n) is 3.05. The maximum Gasteiger partial charge on any atom is 0.254 e. The van der Waals surface area contributed by atoms with Gasteiger partial charge in [0.15, 0.2) is 0 Å². The second kappa shape index (κ2) is 6.88. The van der Waals surface area contributed by atoms with Crippen molar-refractivity contribution in [1.82, 2.24) is 10.2 Å². The number of nitrogens with two attached hydrogens (primary N) is 1. The minimum absolute atomic E-state index is 0.0317. The van der Waals surface area contributed by atoms with E-state index in [9.17, 15) is 14.0 Å². The molecule has 0 bridgehead atoms. The van der Waals surface area contributed by atoms with Crippen molar-refractivity contribution >= 4 is 17.5 Å². The van der Waals surface area contributed by atoms with E-state index in [0.717, 1.165) is 6.07 Å². The van der Waals surface area contributed by atoms with E-state index in [2.05, 4.69) is 5.32 Å². The number of anilines is 1. The van der Waals surface area contributed by atoms with E-state index < -0.39 is 17.8 Å². The van der Waals surface area contributed by atoms with Crippen LogP contribution in [0.1, 0.15) is 31.1 Å². The number of nitrogens with one attached hydrogen (secondary N) is 1. The fourth-order valence-corrected chi connectivity index (χ4v) is 1.87. The summed E-state index contributed by atoms with van der Waals surface area (Å²) in [5.41, 5.74) is 5.84. The van der Waals surface area contributed by atoms with Crippen molar-refractivity contribution in [2.75, 3.05) is 18.8 Å². The number of rotatable bonds is 5. The second-order valence-electron chi connectivity index (χ2n) is 4.44. The predicted octanol–water partition coefficient (Wildman–Crippen LogP) is 1.39. The fourth-order valence-electron chi connectivity index (χ4n) is 1.87. The summed E-state index contributed by atoms with van der Waals surface area (Å²) in [6.07, 6.45) is 0. The summed E-state index contributed by atoms with van der Waals surface area (Å²) in [7, 11) is 0. The van der Waals surface area contributed by atoms with Crippen LogP contribution in [0.15, 0.2) is 18.2 Å². The molecule has 0 aromatic heterocycles. The molecular formula is C14H20FN3O2. The van der Waals surface area contributed by atoms with Gasteiger partial charge in [-0.1, -0.05) is 0 Å². The molecule has 1 aromatic rings. The highest BCUT2D eigenvalue weighted by molar-refractivity contribution is 6.01. The van der Waals surface area contributed by atoms with Crippen LogP contribution in [0.4, 0.5) is 10.1 Å². The van der Waals surface area contributed by atoms with Crippen molar-refractivity contribution in [3.05, 3.63) is 29.6 Å². The molecule has 0 radical (unpaired) electrons. The zero-order chi connectivity index (χ0) is 15.3. The highest BCUT2D eigenvalue weighted by Crippen LogP contribution is 2.13. The zero-order valence-corrected chi connectivity index (χ0v) is 11.9. The lowest BCUT2D eigenvalue weighted by Crippen LogP contribution is -2.46. The molecule has 1 aromatic carbocycles. The fraction of sp³-hybridized carbons (Fsp3) is 0.429. The molecule has 110 valence electrons. The highest BCUT2D eigenvalue weighted by Gasteiger charge is 2.21. The highest BCUT2D eigenvalue weighted by atomic mass is 19.1. The van der Waals surface area contributed by atoms with Crippen molar-refractivity contribution in [1.29, 1.82) is 0 Å². The summed E-state index contributed by atoms with van der Waals surface area (Å²) in [6.45, 7) is 6.45. The Hall–Kier alpha value is -2.11. The zero-order valence-electron chi connectivity index (χ0n) is 11.9. The van der Waals surface area contributed by atoms with Crippen LogP contribution in [0, 0.1) is 5.82 Å². The minimum atomic E-state index is -0.690. The SMILES string of the molecule is CCN(CC)C(=O)C(C)NC(=O)c1cc(F)ccc1N. The number of amides is 2. The van der Waals surface area contributed by atoms with Crippen molar-refractivity contribution in [3.8, 4) is 0 Å². The summed E-state index contributed by atoms with van der Waals surface area (Å²) in [5.74, 6) is -1.29. The van der Waals surface area contributed by atoms with Crippen LogP contribution in [0.5, 0.6) is 0 Å². The first-order chi connectivity index (χ1) is 9.40. The maximum absolute atomic E-state index is 13.1. The van der Waals surface area contributed by atoms with Crippen molar-refractivity contribution < 1.29 is 14.0 Å². The number of hydrogen-bond acceptors (Lipinski definition) is 3. The average molecular weight is 281 g/mol. The summed E-state index contributed by atoms with van der Waals surface area (Å²) in [6, 6.07) is 2.86. The van der Waals surface area contributed by atoms with E-state index in [4.69, 9.17) is 5.73 Å². The van der Waals surface area contributed by atoms with Crippen molar-refractivity contribution in [2.24, 2.45) is 0 Å². The van der Waals surface area contributed by atoms with Crippen LogP contribution in [0.25, 0.3) is 0 Å². The van der Waals surface area contributed by atoms with Gasteiger partial charge in [0.05, 0.1) is 5.56 Å². The quantitative estimate of drug-likeness (QED) is 0.801. The number of carbonyl (C=O) groups is 2. The number of hydrogen-bond donors (Lipinski definition) is 2. The minimum Gasteiger partial charge on any atom is -0.398 e. The summed E-state index contributed by atoms with van der Waals surface area (Å²) < 4.78 is 13.1. The van der Waals surface area contributed by atoms with Gasteiger partial charge in [-0.3, -0.25) is 9.59 Å². The molecule has 1 unspecified atom stereocenters. The summed E-state index contributed by atoms with van der Waals surface area (Å²) >= 11 is 0. The van der Waals surface area contributed by atoms with Crippen LogP contribution in [-0.4, -0.2) is 35.8 Å². The Morgan fingerprint density at radius 1 is 1.35 bits per heavy atom. The first-order valence-electron chi connectivity index (χ1n) is 6.55. The van der Waals surface area contributed by atoms with Gasteiger partial charge in [0.2, 0.25) is 5.91 Å². The molecule has 3 N–H and O–H groups in total. The standard InChI is InChI=1S/C14H20FN3O2/c1-4-18(5-2)14(20)9(3)17-13(19)11-8-10(15)6-7-12(11)16/h6-9H,4-5,16H2,1-3H3,(H,17,19). The van der Waals surface area contributed by atoms with Gasteiger partial charge in [0, 0.05) is 18.8 Å². The lowest BCUT2D eigenvalue weighted by atomic mass is 10.1. The van der Waals surface area contributed by atoms with E-state index in [1.165, 1.54) is 12.1 Å². The van der Waals surface area contributed by atoms with Crippen molar-refractivity contribution in [2.45, 2.75) is 26.8 Å². The third kappa shape index (κ3) is 3.69. The first kappa shape index (κ1) is 15.9. The molecule has 0 aliphatic carbocycles. The maximum atomic E-state index is 13.1. The van der Waals surface area contributed by atoms with Gasteiger partial charge in [0.25, 0.3) is 5.91 Å². The number of likely N-dealkylation sites (N-methyl/N-ethyl adjacent to an activating group) is 1. The van der Waals surface area contributed by atoms with Gasteiger partial charge in [-0.05, 0) is 39.0 Å². The average Bonchev–Trinajstić information content (AvgIpc) is 2.42. The van der Waals surface area contributed by atoms with E-state index in [0.29, 0.717) is 13.1 Å². The lowest BCUT2D eigenvalue weighted by molar-refractivity contribution is -0.132. The normalized spacial score (nSPS) is 11.8. The van der Waals surface area contributed by atoms with Crippen LogP contribution < -0.4 is 11.1 Å². The van der Waals surface area contributed by atoms with E-state index in [-0.39, 0.29) is 17.2 Å². The van der Waals surface area contributed by atoms with Gasteiger partial charge < -0.3 is 16.0 Å². The Bertz CT molecular complexity index is 501. The van der Waals surface area contributed by atoms with Crippen LogP contribution in [0.3, 0.4) is 0 Å². The molecule has 6 heteroatoms. The topological polar surface area (TPSA) is 75.4 Å². The van der Waals surface area contributed by atoms with E-state index >= 15 is 0 Å². The molecule has 0 saturated heterocycles. The molecule has 0 aliphatic rings. The number of benzene rings is 1. The van der Waals surface area contributed by atoms with Crippen molar-refractivity contribution in [3.63, 3.8) is 0 Å². The summed E-state index contributed by atoms with van der Waals surface area (Å²) in [5, 5.41) is 2.54. The van der Waals surface area contributed by atoms with Gasteiger partial charge in [-0.25, -0.2) is 4.39 Å². The lowest BCUT2D eigenvalue weighted by Gasteiger charge is -2.23. The number of nitrogens with zero attached hydrogens (tertiary/aromatic N) is 1. The Kier molecular flexibility index (Phi) is 5.49. The van der Waals surface area contributed by atoms with Gasteiger partial charge >= 0.3 is 0 Å². The molecule has 20 heavy (non-hydrogen) atoms. The van der Waals surface area contributed by atoms with Gasteiger partial charge in [-0.2, -0.15) is 0 Å². The Morgan fingerprint density at radius 2 is 1.95 bits per heavy atom.